The molecule has 0 radical (unpaired) electrons. The lowest BCUT2D eigenvalue weighted by Crippen LogP contribution is -2.47. The second-order valence-electron chi connectivity index (χ2n) is 5.92. The third-order valence-corrected chi connectivity index (χ3v) is 4.13. The Labute approximate surface area is 130 Å². The lowest BCUT2D eigenvalue weighted by molar-refractivity contribution is -0.143. The Balaban J connectivity index is 1.52. The summed E-state index contributed by atoms with van der Waals surface area (Å²) in [5, 5.41) is 11.8. The van der Waals surface area contributed by atoms with Crippen LogP contribution in [-0.2, 0) is 14.3 Å². The van der Waals surface area contributed by atoms with E-state index in [2.05, 4.69) is 5.32 Å². The van der Waals surface area contributed by atoms with E-state index in [4.69, 9.17) is 14.6 Å². The first-order chi connectivity index (χ1) is 10.7. The van der Waals surface area contributed by atoms with Crippen molar-refractivity contribution in [2.24, 2.45) is 5.92 Å². The lowest BCUT2D eigenvalue weighted by Gasteiger charge is -2.30. The number of carbonyl (C=O) groups excluding carboxylic acids is 1. The maximum absolute atomic E-state index is 12.0. The smallest absolute Gasteiger partial charge is 0.317 e. The number of likely N-dealkylation sites (tertiary alicyclic amines) is 1. The zero-order chi connectivity index (χ0) is 15.8. The maximum Gasteiger partial charge on any atom is 0.317 e. The number of nitrogens with zero attached hydrogens (tertiary/aromatic N) is 1. The van der Waals surface area contributed by atoms with Crippen LogP contribution in [0.25, 0.3) is 0 Å². The maximum atomic E-state index is 12.0. The van der Waals surface area contributed by atoms with Crippen LogP contribution in [-0.4, -0.2) is 67.6 Å². The number of amides is 2. The molecule has 2 unspecified atom stereocenters. The molecule has 2 rings (SSSR count). The third-order valence-electron chi connectivity index (χ3n) is 4.13. The predicted octanol–water partition coefficient (Wildman–Crippen LogP) is 1.08. The summed E-state index contributed by atoms with van der Waals surface area (Å²) in [6.45, 7) is 3.52. The van der Waals surface area contributed by atoms with E-state index >= 15 is 0 Å². The van der Waals surface area contributed by atoms with E-state index in [9.17, 15) is 9.59 Å². The Morgan fingerprint density at radius 2 is 2.18 bits per heavy atom. The van der Waals surface area contributed by atoms with Crippen LogP contribution in [0.1, 0.15) is 32.1 Å². The molecule has 2 heterocycles. The number of rotatable bonds is 7. The van der Waals surface area contributed by atoms with Crippen molar-refractivity contribution in [3.8, 4) is 0 Å². The predicted molar refractivity (Wildman–Crippen MR) is 79.7 cm³/mol. The number of carboxylic acids is 1. The van der Waals surface area contributed by atoms with E-state index in [0.29, 0.717) is 39.3 Å². The van der Waals surface area contributed by atoms with E-state index in [-0.39, 0.29) is 12.1 Å². The van der Waals surface area contributed by atoms with E-state index in [1.807, 2.05) is 0 Å². The van der Waals surface area contributed by atoms with Crippen LogP contribution in [0.3, 0.4) is 0 Å². The van der Waals surface area contributed by atoms with Crippen LogP contribution in [0.2, 0.25) is 0 Å². The minimum absolute atomic E-state index is 0.176. The summed E-state index contributed by atoms with van der Waals surface area (Å²) in [5.74, 6) is -1.26. The molecule has 2 saturated heterocycles. The van der Waals surface area contributed by atoms with Crippen LogP contribution in [0.15, 0.2) is 0 Å². The highest BCUT2D eigenvalue weighted by molar-refractivity contribution is 5.76. The second kappa shape index (κ2) is 8.95. The van der Waals surface area contributed by atoms with Gasteiger partial charge in [0.2, 0.25) is 0 Å². The quantitative estimate of drug-likeness (QED) is 0.687. The van der Waals surface area contributed by atoms with Gasteiger partial charge >= 0.3 is 12.0 Å². The fraction of sp³-hybridized carbons (Fsp3) is 0.867. The van der Waals surface area contributed by atoms with Crippen LogP contribution in [0.5, 0.6) is 0 Å². The van der Waals surface area contributed by atoms with Crippen molar-refractivity contribution in [2.75, 3.05) is 39.5 Å². The van der Waals surface area contributed by atoms with Gasteiger partial charge in [0.05, 0.1) is 18.6 Å². The topological polar surface area (TPSA) is 88.1 Å². The molecule has 0 bridgehead atoms. The molecule has 0 aromatic heterocycles. The van der Waals surface area contributed by atoms with Crippen molar-refractivity contribution >= 4 is 12.0 Å². The molecule has 2 fully saturated rings. The summed E-state index contributed by atoms with van der Waals surface area (Å²) in [5.41, 5.74) is 0. The fourth-order valence-corrected chi connectivity index (χ4v) is 2.84. The summed E-state index contributed by atoms with van der Waals surface area (Å²) >= 11 is 0. The Kier molecular flexibility index (Phi) is 6.92. The van der Waals surface area contributed by atoms with Gasteiger partial charge in [0, 0.05) is 32.8 Å². The molecule has 2 aliphatic rings. The average Bonchev–Trinajstić information content (AvgIpc) is 3.04. The molecular formula is C15H26N2O5. The third kappa shape index (κ3) is 5.46. The monoisotopic (exact) mass is 314 g/mol. The van der Waals surface area contributed by atoms with Crippen LogP contribution in [0, 0.1) is 5.92 Å². The van der Waals surface area contributed by atoms with E-state index in [1.54, 1.807) is 4.90 Å². The molecule has 7 nitrogen and oxygen atoms in total. The van der Waals surface area contributed by atoms with Gasteiger partial charge < -0.3 is 24.8 Å². The molecule has 0 spiro atoms. The van der Waals surface area contributed by atoms with E-state index < -0.39 is 11.9 Å². The summed E-state index contributed by atoms with van der Waals surface area (Å²) in [6, 6.07) is -0.176. The first kappa shape index (κ1) is 17.0. The SMILES string of the molecule is O=C(O)C1CCCN(C(=O)NCCCOCC2CCCO2)C1. The van der Waals surface area contributed by atoms with Crippen LogP contribution >= 0.6 is 0 Å². The molecule has 2 N–H and O–H groups in total. The zero-order valence-corrected chi connectivity index (χ0v) is 13.0. The van der Waals surface area contributed by atoms with Crippen molar-refractivity contribution in [1.82, 2.24) is 10.2 Å². The van der Waals surface area contributed by atoms with Crippen molar-refractivity contribution < 1.29 is 24.2 Å². The molecule has 0 aromatic carbocycles. The number of nitrogens with one attached hydrogen (secondary N) is 1. The summed E-state index contributed by atoms with van der Waals surface area (Å²) in [4.78, 5) is 24.5. The van der Waals surface area contributed by atoms with Gasteiger partial charge in [-0.1, -0.05) is 0 Å². The number of hydrogen-bond acceptors (Lipinski definition) is 4. The highest BCUT2D eigenvalue weighted by atomic mass is 16.5. The van der Waals surface area contributed by atoms with Crippen LogP contribution < -0.4 is 5.32 Å². The lowest BCUT2D eigenvalue weighted by atomic mass is 9.99. The van der Waals surface area contributed by atoms with Gasteiger partial charge in [-0.05, 0) is 32.1 Å². The molecule has 126 valence electrons. The second-order valence-corrected chi connectivity index (χ2v) is 5.92. The minimum Gasteiger partial charge on any atom is -0.481 e. The molecule has 0 aromatic rings. The van der Waals surface area contributed by atoms with Gasteiger partial charge in [0.15, 0.2) is 0 Å². The fourth-order valence-electron chi connectivity index (χ4n) is 2.84. The normalized spacial score (nSPS) is 25.2. The van der Waals surface area contributed by atoms with Gasteiger partial charge in [0.1, 0.15) is 0 Å². The number of hydrogen-bond donors (Lipinski definition) is 2. The van der Waals surface area contributed by atoms with Crippen LogP contribution in [0.4, 0.5) is 4.79 Å². The number of urea groups is 1. The molecule has 2 amide bonds. The molecule has 22 heavy (non-hydrogen) atoms. The first-order valence-corrected chi connectivity index (χ1v) is 8.11. The van der Waals surface area contributed by atoms with Crippen molar-refractivity contribution in [1.29, 1.82) is 0 Å². The highest BCUT2D eigenvalue weighted by Gasteiger charge is 2.27. The Morgan fingerprint density at radius 3 is 2.91 bits per heavy atom. The number of carbonyl (C=O) groups is 2. The van der Waals surface area contributed by atoms with Gasteiger partial charge in [-0.3, -0.25) is 4.79 Å². The molecule has 2 aliphatic heterocycles. The largest absolute Gasteiger partial charge is 0.481 e. The van der Waals surface area contributed by atoms with Gasteiger partial charge in [-0.2, -0.15) is 0 Å². The Hall–Kier alpha value is -1.34. The average molecular weight is 314 g/mol. The zero-order valence-electron chi connectivity index (χ0n) is 13.0. The number of ether oxygens (including phenoxy) is 2. The first-order valence-electron chi connectivity index (χ1n) is 8.11. The summed E-state index contributed by atoms with van der Waals surface area (Å²) in [7, 11) is 0. The number of carboxylic acid groups (broad SMARTS) is 1. The molecule has 0 aliphatic carbocycles. The standard InChI is InChI=1S/C15H26N2O5/c18-14(19)12-4-1-7-17(10-12)15(20)16-6-3-8-21-11-13-5-2-9-22-13/h12-13H,1-11H2,(H,16,20)(H,18,19). The van der Waals surface area contributed by atoms with Crippen molar-refractivity contribution in [2.45, 2.75) is 38.2 Å². The molecule has 0 saturated carbocycles. The van der Waals surface area contributed by atoms with Crippen molar-refractivity contribution in [3.05, 3.63) is 0 Å². The number of piperidine rings is 1. The van der Waals surface area contributed by atoms with Gasteiger partial charge in [0.25, 0.3) is 0 Å². The Morgan fingerprint density at radius 1 is 1.32 bits per heavy atom. The summed E-state index contributed by atoms with van der Waals surface area (Å²) < 4.78 is 11.0. The van der Waals surface area contributed by atoms with Gasteiger partial charge in [-0.15, -0.1) is 0 Å². The minimum atomic E-state index is -0.819. The van der Waals surface area contributed by atoms with E-state index in [1.165, 1.54) is 0 Å². The number of aliphatic carboxylic acids is 1. The van der Waals surface area contributed by atoms with E-state index in [0.717, 1.165) is 32.3 Å². The van der Waals surface area contributed by atoms with Gasteiger partial charge in [-0.25, -0.2) is 4.79 Å². The Bertz CT molecular complexity index is 371. The van der Waals surface area contributed by atoms with Crippen molar-refractivity contribution in [3.63, 3.8) is 0 Å². The molecule has 2 atom stereocenters. The highest BCUT2D eigenvalue weighted by Crippen LogP contribution is 2.16. The summed E-state index contributed by atoms with van der Waals surface area (Å²) in [6.07, 6.45) is 4.55. The molecule has 7 heteroatoms. The molecular weight excluding hydrogens is 288 g/mol.